The number of aryl methyl sites for hydroxylation is 2. The highest BCUT2D eigenvalue weighted by Gasteiger charge is 2.15. The van der Waals surface area contributed by atoms with E-state index in [2.05, 4.69) is 10.5 Å². The maximum absolute atomic E-state index is 13.7. The van der Waals surface area contributed by atoms with E-state index in [1.807, 2.05) is 0 Å². The molecule has 1 amide bonds. The Morgan fingerprint density at radius 3 is 2.61 bits per heavy atom. The van der Waals surface area contributed by atoms with E-state index in [0.717, 1.165) is 30.0 Å². The van der Waals surface area contributed by atoms with Gasteiger partial charge in [0.05, 0.1) is 16.3 Å². The molecule has 0 aliphatic carbocycles. The number of nitrogens with one attached hydrogen (secondary N) is 1. The van der Waals surface area contributed by atoms with Gasteiger partial charge in [0.25, 0.3) is 0 Å². The van der Waals surface area contributed by atoms with Crippen LogP contribution >= 0.6 is 0 Å². The highest BCUT2D eigenvalue weighted by atomic mass is 32.2. The lowest BCUT2D eigenvalue weighted by atomic mass is 10.1. The summed E-state index contributed by atoms with van der Waals surface area (Å²) in [5.41, 5.74) is 1.39. The second kappa shape index (κ2) is 6.49. The van der Waals surface area contributed by atoms with Gasteiger partial charge in [-0.05, 0) is 38.5 Å². The van der Waals surface area contributed by atoms with Crippen molar-refractivity contribution in [3.05, 3.63) is 41.0 Å². The van der Waals surface area contributed by atoms with Crippen LogP contribution in [0.3, 0.4) is 0 Å². The number of hydrogen-bond acceptors (Lipinski definition) is 5. The van der Waals surface area contributed by atoms with Crippen LogP contribution in [0, 0.1) is 19.7 Å². The molecule has 0 atom stereocenters. The minimum atomic E-state index is -3.48. The van der Waals surface area contributed by atoms with E-state index in [1.54, 1.807) is 13.8 Å². The van der Waals surface area contributed by atoms with Crippen molar-refractivity contribution in [3.8, 4) is 0 Å². The molecule has 2 rings (SSSR count). The fraction of sp³-hybridized carbons (Fsp3) is 0.333. The number of sulfone groups is 1. The molecule has 8 heteroatoms. The summed E-state index contributed by atoms with van der Waals surface area (Å²) in [6.45, 7) is 3.53. The SMILES string of the molecule is Cc1noc(C)c1CCC(=O)Nc1cc(S(C)(=O)=O)ccc1F. The second-order valence-corrected chi connectivity index (χ2v) is 7.28. The van der Waals surface area contributed by atoms with E-state index in [4.69, 9.17) is 4.52 Å². The van der Waals surface area contributed by atoms with Crippen molar-refractivity contribution < 1.29 is 22.1 Å². The van der Waals surface area contributed by atoms with Gasteiger partial charge in [0.1, 0.15) is 11.6 Å². The molecule has 0 saturated carbocycles. The number of aromatic nitrogens is 1. The second-order valence-electron chi connectivity index (χ2n) is 5.26. The first-order valence-electron chi connectivity index (χ1n) is 6.89. The Balaban J connectivity index is 2.09. The Kier molecular flexibility index (Phi) is 4.84. The van der Waals surface area contributed by atoms with Gasteiger partial charge < -0.3 is 9.84 Å². The third-order valence-electron chi connectivity index (χ3n) is 3.42. The van der Waals surface area contributed by atoms with Crippen LogP contribution in [-0.4, -0.2) is 25.7 Å². The highest BCUT2D eigenvalue weighted by molar-refractivity contribution is 7.90. The van der Waals surface area contributed by atoms with Crippen LogP contribution < -0.4 is 5.32 Å². The molecule has 0 aliphatic heterocycles. The van der Waals surface area contributed by atoms with Gasteiger partial charge in [0.15, 0.2) is 9.84 Å². The molecule has 1 aromatic heterocycles. The molecule has 6 nitrogen and oxygen atoms in total. The van der Waals surface area contributed by atoms with Gasteiger partial charge in [0, 0.05) is 18.2 Å². The van der Waals surface area contributed by atoms with Crippen molar-refractivity contribution >= 4 is 21.4 Å². The van der Waals surface area contributed by atoms with Gasteiger partial charge in [-0.15, -0.1) is 0 Å². The predicted octanol–water partition coefficient (Wildman–Crippen LogP) is 2.41. The molecule has 1 N–H and O–H groups in total. The number of nitrogens with zero attached hydrogens (tertiary/aromatic N) is 1. The molecular weight excluding hydrogens is 323 g/mol. The first kappa shape index (κ1) is 17.1. The molecule has 2 aromatic rings. The molecule has 124 valence electrons. The van der Waals surface area contributed by atoms with Crippen molar-refractivity contribution in [3.63, 3.8) is 0 Å². The van der Waals surface area contributed by atoms with Crippen molar-refractivity contribution in [1.82, 2.24) is 5.16 Å². The Morgan fingerprint density at radius 1 is 1.35 bits per heavy atom. The number of amides is 1. The minimum Gasteiger partial charge on any atom is -0.361 e. The summed E-state index contributed by atoms with van der Waals surface area (Å²) in [5.74, 6) is -0.474. The van der Waals surface area contributed by atoms with E-state index >= 15 is 0 Å². The molecule has 1 heterocycles. The van der Waals surface area contributed by atoms with Crippen molar-refractivity contribution in [2.24, 2.45) is 0 Å². The number of benzene rings is 1. The number of rotatable bonds is 5. The molecule has 0 unspecified atom stereocenters. The van der Waals surface area contributed by atoms with Crippen molar-refractivity contribution in [2.75, 3.05) is 11.6 Å². The van der Waals surface area contributed by atoms with Gasteiger partial charge in [0.2, 0.25) is 5.91 Å². The smallest absolute Gasteiger partial charge is 0.224 e. The summed E-state index contributed by atoms with van der Waals surface area (Å²) in [6.07, 6.45) is 1.52. The third kappa shape index (κ3) is 4.16. The number of carbonyl (C=O) groups excluding carboxylic acids is 1. The summed E-state index contributed by atoms with van der Waals surface area (Å²) in [7, 11) is -3.48. The lowest BCUT2D eigenvalue weighted by Crippen LogP contribution is -2.14. The molecular formula is C15H17FN2O4S. The minimum absolute atomic E-state index is 0.0556. The summed E-state index contributed by atoms with van der Waals surface area (Å²) in [4.78, 5) is 11.9. The van der Waals surface area contributed by atoms with E-state index < -0.39 is 21.6 Å². The molecule has 1 aromatic carbocycles. The van der Waals surface area contributed by atoms with Gasteiger partial charge >= 0.3 is 0 Å². The van der Waals surface area contributed by atoms with Crippen LogP contribution in [0.1, 0.15) is 23.4 Å². The fourth-order valence-corrected chi connectivity index (χ4v) is 2.79. The number of hydrogen-bond donors (Lipinski definition) is 1. The van der Waals surface area contributed by atoms with Crippen LogP contribution in [0.5, 0.6) is 0 Å². The summed E-state index contributed by atoms with van der Waals surface area (Å²) in [5, 5.41) is 6.19. The summed E-state index contributed by atoms with van der Waals surface area (Å²) < 4.78 is 41.7. The lowest BCUT2D eigenvalue weighted by molar-refractivity contribution is -0.116. The molecule has 0 aliphatic rings. The zero-order valence-electron chi connectivity index (χ0n) is 13.0. The van der Waals surface area contributed by atoms with Gasteiger partial charge in [-0.25, -0.2) is 12.8 Å². The first-order valence-corrected chi connectivity index (χ1v) is 8.79. The Morgan fingerprint density at radius 2 is 2.04 bits per heavy atom. The van der Waals surface area contributed by atoms with E-state index in [1.165, 1.54) is 0 Å². The van der Waals surface area contributed by atoms with Crippen LogP contribution in [-0.2, 0) is 21.1 Å². The normalized spacial score (nSPS) is 11.5. The molecule has 0 fully saturated rings. The average molecular weight is 340 g/mol. The largest absolute Gasteiger partial charge is 0.361 e. The van der Waals surface area contributed by atoms with Gasteiger partial charge in [-0.1, -0.05) is 5.16 Å². The van der Waals surface area contributed by atoms with Crippen LogP contribution in [0.4, 0.5) is 10.1 Å². The van der Waals surface area contributed by atoms with Crippen LogP contribution in [0.2, 0.25) is 0 Å². The van der Waals surface area contributed by atoms with E-state index in [9.17, 15) is 17.6 Å². The number of anilines is 1. The van der Waals surface area contributed by atoms with Gasteiger partial charge in [-0.3, -0.25) is 4.79 Å². The summed E-state index contributed by atoms with van der Waals surface area (Å²) in [6, 6.07) is 3.28. The van der Waals surface area contributed by atoms with Crippen molar-refractivity contribution in [2.45, 2.75) is 31.6 Å². The number of carbonyl (C=O) groups is 1. The predicted molar refractivity (Wildman–Crippen MR) is 82.4 cm³/mol. The Labute approximate surface area is 133 Å². The highest BCUT2D eigenvalue weighted by Crippen LogP contribution is 2.20. The van der Waals surface area contributed by atoms with Crippen LogP contribution in [0.15, 0.2) is 27.6 Å². The summed E-state index contributed by atoms with van der Waals surface area (Å²) >= 11 is 0. The zero-order valence-corrected chi connectivity index (χ0v) is 13.8. The quantitative estimate of drug-likeness (QED) is 0.844. The van der Waals surface area contributed by atoms with E-state index in [-0.39, 0.29) is 17.0 Å². The first-order chi connectivity index (χ1) is 10.7. The maximum atomic E-state index is 13.7. The van der Waals surface area contributed by atoms with Gasteiger partial charge in [-0.2, -0.15) is 0 Å². The topological polar surface area (TPSA) is 89.3 Å². The average Bonchev–Trinajstić information content (AvgIpc) is 2.77. The Hall–Kier alpha value is -2.22. The number of halogens is 1. The fourth-order valence-electron chi connectivity index (χ4n) is 2.14. The molecule has 0 spiro atoms. The molecule has 23 heavy (non-hydrogen) atoms. The van der Waals surface area contributed by atoms with Crippen molar-refractivity contribution in [1.29, 1.82) is 0 Å². The maximum Gasteiger partial charge on any atom is 0.224 e. The molecule has 0 saturated heterocycles. The standard InChI is InChI=1S/C15H17FN2O4S/c1-9-12(10(2)22-18-9)5-7-15(19)17-14-8-11(23(3,20)21)4-6-13(14)16/h4,6,8H,5,7H2,1-3H3,(H,17,19). The third-order valence-corrected chi connectivity index (χ3v) is 4.53. The zero-order chi connectivity index (χ0) is 17.2. The lowest BCUT2D eigenvalue weighted by Gasteiger charge is -2.08. The monoisotopic (exact) mass is 340 g/mol. The van der Waals surface area contributed by atoms with E-state index in [0.29, 0.717) is 17.9 Å². The molecule has 0 bridgehead atoms. The Bertz CT molecular complexity index is 824. The van der Waals surface area contributed by atoms with Crippen LogP contribution in [0.25, 0.3) is 0 Å². The molecule has 0 radical (unpaired) electrons.